The van der Waals surface area contributed by atoms with Crippen LogP contribution in [0.2, 0.25) is 0 Å². The zero-order valence-electron chi connectivity index (χ0n) is 13.2. The van der Waals surface area contributed by atoms with Gasteiger partial charge in [0.1, 0.15) is 6.10 Å². The summed E-state index contributed by atoms with van der Waals surface area (Å²) < 4.78 is 5.02. The molecule has 0 aromatic rings. The third-order valence-electron chi connectivity index (χ3n) is 2.38. The molecule has 6 N–H and O–H groups in total. The average molecular weight is 331 g/mol. The molecule has 0 heterocycles. The van der Waals surface area contributed by atoms with Gasteiger partial charge in [-0.15, -0.1) is 0 Å². The quantitative estimate of drug-likeness (QED) is 0.211. The van der Waals surface area contributed by atoms with Gasteiger partial charge in [0.05, 0.1) is 12.7 Å². The Balaban J connectivity index is -0.000000303. The lowest BCUT2D eigenvalue weighted by molar-refractivity contribution is -0.145. The predicted octanol–water partition coefficient (Wildman–Crippen LogP) is 0.147. The van der Waals surface area contributed by atoms with Crippen LogP contribution in [0.3, 0.4) is 0 Å². The first-order chi connectivity index (χ1) is 10.8. The molecule has 0 amide bonds. The molecule has 0 radical (unpaired) electrons. The monoisotopic (exact) mass is 331 g/mol. The Kier molecular flexibility index (Phi) is 22.3. The van der Waals surface area contributed by atoms with E-state index in [0.29, 0.717) is 0 Å². The van der Waals surface area contributed by atoms with Crippen LogP contribution in [0.5, 0.6) is 0 Å². The highest BCUT2D eigenvalue weighted by molar-refractivity contribution is 5.81. The molecule has 9 nitrogen and oxygen atoms in total. The molecule has 0 spiro atoms. The molecule has 0 bridgehead atoms. The highest BCUT2D eigenvalue weighted by atomic mass is 16.5. The number of carbonyl (C=O) groups is 1. The molecular weight excluding hydrogens is 306 g/mol. The Hall–Kier alpha value is -2.15. The maximum absolute atomic E-state index is 10.8. The average Bonchev–Trinajstić information content (AvgIpc) is 2.51. The van der Waals surface area contributed by atoms with Crippen molar-refractivity contribution in [1.82, 2.24) is 0 Å². The van der Waals surface area contributed by atoms with E-state index < -0.39 is 0 Å². The van der Waals surface area contributed by atoms with Crippen LogP contribution >= 0.6 is 0 Å². The minimum absolute atomic E-state index is 0.0149. The van der Waals surface area contributed by atoms with E-state index in [9.17, 15) is 4.79 Å². The van der Waals surface area contributed by atoms with Gasteiger partial charge in [-0.3, -0.25) is 0 Å². The minimum Gasteiger partial charge on any atom is -0.459 e. The van der Waals surface area contributed by atoms with Crippen molar-refractivity contribution in [1.29, 1.82) is 10.8 Å². The number of nitrogens with one attached hydrogen (secondary N) is 2. The normalized spacial score (nSPS) is 19.3. The second-order valence-corrected chi connectivity index (χ2v) is 4.44. The molecule has 132 valence electrons. The molecule has 0 aromatic heterocycles. The Bertz CT molecular complexity index is 355. The third-order valence-corrected chi connectivity index (χ3v) is 2.38. The smallest absolute Gasteiger partial charge is 0.330 e. The summed E-state index contributed by atoms with van der Waals surface area (Å²) in [5, 5.41) is 28.0. The largest absolute Gasteiger partial charge is 0.459 e. The fourth-order valence-corrected chi connectivity index (χ4v) is 1.38. The number of hydrogen-bond donors (Lipinski definition) is 5. The highest BCUT2D eigenvalue weighted by Crippen LogP contribution is 2.20. The van der Waals surface area contributed by atoms with E-state index in [-0.39, 0.29) is 30.8 Å². The maximum atomic E-state index is 10.8. The summed E-state index contributed by atoms with van der Waals surface area (Å²) in [6, 6.07) is -0.0602. The molecule has 9 heteroatoms. The number of carbonyl (C=O) groups excluding carboxylic acids is 3. The SMILES string of the molecule is C=CC(=O)OC1CCC(O)CC1.CC(N)CO.N=C=O.N=C=O. The number of aliphatic hydroxyl groups excluding tert-OH is 2. The van der Waals surface area contributed by atoms with Crippen LogP contribution in [0.15, 0.2) is 12.7 Å². The fraction of sp³-hybridized carbons (Fsp3) is 0.643. The second-order valence-electron chi connectivity index (χ2n) is 4.44. The maximum Gasteiger partial charge on any atom is 0.330 e. The van der Waals surface area contributed by atoms with Crippen molar-refractivity contribution >= 4 is 18.1 Å². The minimum atomic E-state index is -0.364. The van der Waals surface area contributed by atoms with Crippen LogP contribution in [0, 0.1) is 10.8 Å². The van der Waals surface area contributed by atoms with Gasteiger partial charge in [0.25, 0.3) is 0 Å². The van der Waals surface area contributed by atoms with Gasteiger partial charge >= 0.3 is 5.97 Å². The number of esters is 1. The summed E-state index contributed by atoms with van der Waals surface area (Å²) in [5.74, 6) is -0.364. The van der Waals surface area contributed by atoms with Crippen molar-refractivity contribution in [3.63, 3.8) is 0 Å². The van der Waals surface area contributed by atoms with Crippen molar-refractivity contribution < 1.29 is 29.3 Å². The molecule has 1 aliphatic carbocycles. The number of aliphatic hydroxyl groups is 2. The molecule has 0 aromatic carbocycles. The van der Waals surface area contributed by atoms with Gasteiger partial charge in [-0.25, -0.2) is 25.2 Å². The Morgan fingerprint density at radius 2 is 1.70 bits per heavy atom. The lowest BCUT2D eigenvalue weighted by atomic mass is 9.95. The summed E-state index contributed by atoms with van der Waals surface area (Å²) in [6.45, 7) is 5.15. The molecule has 0 saturated heterocycles. The van der Waals surface area contributed by atoms with Gasteiger partial charge in [-0.2, -0.15) is 0 Å². The zero-order chi connectivity index (χ0) is 18.7. The van der Waals surface area contributed by atoms with Crippen molar-refractivity contribution in [3.05, 3.63) is 12.7 Å². The molecule has 1 fully saturated rings. The van der Waals surface area contributed by atoms with Crippen LogP contribution < -0.4 is 5.73 Å². The van der Waals surface area contributed by atoms with E-state index in [1.54, 1.807) is 6.92 Å². The van der Waals surface area contributed by atoms with Gasteiger partial charge in [0.15, 0.2) is 0 Å². The Labute approximate surface area is 135 Å². The first-order valence-corrected chi connectivity index (χ1v) is 6.78. The summed E-state index contributed by atoms with van der Waals surface area (Å²) in [7, 11) is 0. The van der Waals surface area contributed by atoms with E-state index in [4.69, 9.17) is 41.1 Å². The summed E-state index contributed by atoms with van der Waals surface area (Å²) in [4.78, 5) is 27.5. The lowest BCUT2D eigenvalue weighted by Gasteiger charge is -2.24. The fourth-order valence-electron chi connectivity index (χ4n) is 1.38. The van der Waals surface area contributed by atoms with E-state index >= 15 is 0 Å². The standard InChI is InChI=1S/C9H14O3.C3H9NO.2CHNO/c1-2-9(11)12-8-5-3-7(10)4-6-8;1-3(4)2-5;2*2-1-3/h2,7-8,10H,1,3-6H2;3,5H,2,4H2,1H3;2*2H. The third kappa shape index (κ3) is 25.2. The van der Waals surface area contributed by atoms with Crippen molar-refractivity contribution in [3.8, 4) is 0 Å². The van der Waals surface area contributed by atoms with E-state index in [2.05, 4.69) is 6.58 Å². The first kappa shape index (κ1) is 25.8. The Morgan fingerprint density at radius 3 is 1.96 bits per heavy atom. The molecule has 1 rings (SSSR count). The predicted molar refractivity (Wildman–Crippen MR) is 82.1 cm³/mol. The van der Waals surface area contributed by atoms with E-state index in [1.165, 1.54) is 6.08 Å². The van der Waals surface area contributed by atoms with E-state index in [1.807, 2.05) is 0 Å². The molecule has 1 saturated carbocycles. The van der Waals surface area contributed by atoms with Crippen LogP contribution in [-0.4, -0.2) is 53.2 Å². The van der Waals surface area contributed by atoms with Crippen LogP contribution in [0.1, 0.15) is 32.6 Å². The van der Waals surface area contributed by atoms with Gasteiger partial charge in [0, 0.05) is 12.1 Å². The first-order valence-electron chi connectivity index (χ1n) is 6.78. The number of isocyanates is 2. The van der Waals surface area contributed by atoms with Crippen LogP contribution in [0.25, 0.3) is 0 Å². The van der Waals surface area contributed by atoms with Gasteiger partial charge < -0.3 is 20.7 Å². The Morgan fingerprint density at radius 1 is 1.35 bits per heavy atom. The van der Waals surface area contributed by atoms with Gasteiger partial charge in [-0.05, 0) is 32.6 Å². The molecular formula is C14H25N3O6. The number of hydrogen-bond acceptors (Lipinski definition) is 9. The van der Waals surface area contributed by atoms with Crippen molar-refractivity contribution in [2.24, 2.45) is 5.73 Å². The number of nitrogens with two attached hydrogens (primary N) is 1. The summed E-state index contributed by atoms with van der Waals surface area (Å²) in [6.07, 6.45) is 5.44. The van der Waals surface area contributed by atoms with Crippen LogP contribution in [0.4, 0.5) is 0 Å². The molecule has 1 atom stereocenters. The molecule has 1 unspecified atom stereocenters. The van der Waals surface area contributed by atoms with Crippen molar-refractivity contribution in [2.75, 3.05) is 6.61 Å². The van der Waals surface area contributed by atoms with Crippen molar-refractivity contribution in [2.45, 2.75) is 50.9 Å². The second kappa shape index (κ2) is 19.9. The van der Waals surface area contributed by atoms with E-state index in [0.717, 1.165) is 37.8 Å². The number of rotatable bonds is 3. The van der Waals surface area contributed by atoms with Gasteiger partial charge in [-0.1, -0.05) is 6.58 Å². The summed E-state index contributed by atoms with van der Waals surface area (Å²) >= 11 is 0. The highest BCUT2D eigenvalue weighted by Gasteiger charge is 2.21. The molecule has 23 heavy (non-hydrogen) atoms. The summed E-state index contributed by atoms with van der Waals surface area (Å²) in [5.41, 5.74) is 5.04. The molecule has 1 aliphatic rings. The number of ether oxygens (including phenoxy) is 1. The molecule has 0 aliphatic heterocycles. The van der Waals surface area contributed by atoms with Gasteiger partial charge in [0.2, 0.25) is 12.2 Å². The zero-order valence-corrected chi connectivity index (χ0v) is 13.2. The van der Waals surface area contributed by atoms with Crippen LogP contribution in [-0.2, 0) is 19.1 Å². The topological polar surface area (TPSA) is 175 Å². The lowest BCUT2D eigenvalue weighted by Crippen LogP contribution is -2.25.